The quantitative estimate of drug-likeness (QED) is 0.142. The molecular weight excluding hydrogens is 556 g/mol. The topological polar surface area (TPSA) is 29.3 Å². The fraction of sp³-hybridized carbons (Fsp3) is 0.182. The number of benzene rings is 6. The molecule has 2 heteroatoms. The maximum atomic E-state index is 6.14. The van der Waals surface area contributed by atoms with Crippen molar-refractivity contribution in [1.82, 2.24) is 0 Å². The summed E-state index contributed by atoms with van der Waals surface area (Å²) in [6.07, 6.45) is 7.00. The molecule has 46 heavy (non-hydrogen) atoms. The monoisotopic (exact) mass is 600 g/mol. The predicted octanol–water partition coefficient (Wildman–Crippen LogP) is 12.4. The first-order valence-corrected chi connectivity index (χ1v) is 16.8. The second kappa shape index (κ2) is 14.8. The molecule has 6 rings (SSSR count). The Morgan fingerprint density at radius 3 is 1.41 bits per heavy atom. The molecule has 0 aliphatic heterocycles. The van der Waals surface area contributed by atoms with Crippen molar-refractivity contribution < 1.29 is 0 Å². The standard InChI is InChI=1S/C44H44N2/c1-3-5-13-33-19-27-39(28-20-33)46(40-29-21-34(22-30-40)14-6-4-2)42-32-31-41(35-23-25-38(45)26-24-35)43(36-15-9-7-10-16-36)44(42)37-17-11-8-12-18-37/h7-12,15-32H,3-6,13-14,45H2,1-2H3. The van der Waals surface area contributed by atoms with Gasteiger partial charge in [0.2, 0.25) is 0 Å². The van der Waals surface area contributed by atoms with E-state index in [9.17, 15) is 0 Å². The lowest BCUT2D eigenvalue weighted by molar-refractivity contribution is 0.795. The second-order valence-electron chi connectivity index (χ2n) is 12.1. The van der Waals surface area contributed by atoms with E-state index in [1.165, 1.54) is 64.6 Å². The smallest absolute Gasteiger partial charge is 0.0546 e. The lowest BCUT2D eigenvalue weighted by atomic mass is 9.86. The average molecular weight is 601 g/mol. The highest BCUT2D eigenvalue weighted by atomic mass is 15.1. The van der Waals surface area contributed by atoms with E-state index in [0.717, 1.165) is 41.2 Å². The molecule has 6 aromatic rings. The van der Waals surface area contributed by atoms with Gasteiger partial charge in [-0.3, -0.25) is 0 Å². The van der Waals surface area contributed by atoms with Crippen LogP contribution in [-0.2, 0) is 12.8 Å². The third-order valence-electron chi connectivity index (χ3n) is 8.80. The zero-order chi connectivity index (χ0) is 31.7. The van der Waals surface area contributed by atoms with E-state index < -0.39 is 0 Å². The number of aryl methyl sites for hydroxylation is 2. The number of nitrogen functional groups attached to an aromatic ring is 1. The molecule has 230 valence electrons. The first-order chi connectivity index (χ1) is 22.7. The number of hydrogen-bond donors (Lipinski definition) is 1. The molecule has 0 amide bonds. The average Bonchev–Trinajstić information content (AvgIpc) is 3.12. The van der Waals surface area contributed by atoms with Crippen LogP contribution in [0.4, 0.5) is 22.7 Å². The zero-order valence-electron chi connectivity index (χ0n) is 27.1. The third kappa shape index (κ3) is 6.92. The van der Waals surface area contributed by atoms with Crippen LogP contribution in [0.3, 0.4) is 0 Å². The van der Waals surface area contributed by atoms with Crippen LogP contribution in [-0.4, -0.2) is 0 Å². The molecule has 0 fully saturated rings. The van der Waals surface area contributed by atoms with Gasteiger partial charge < -0.3 is 10.6 Å². The van der Waals surface area contributed by atoms with Crippen molar-refractivity contribution in [3.8, 4) is 33.4 Å². The van der Waals surface area contributed by atoms with Gasteiger partial charge in [0, 0.05) is 22.6 Å². The first kappa shape index (κ1) is 30.9. The summed E-state index contributed by atoms with van der Waals surface area (Å²) in [6, 6.07) is 52.9. The van der Waals surface area contributed by atoms with Gasteiger partial charge in [-0.15, -0.1) is 0 Å². The summed E-state index contributed by atoms with van der Waals surface area (Å²) in [5.74, 6) is 0. The number of unbranched alkanes of at least 4 members (excludes halogenated alkanes) is 2. The minimum atomic E-state index is 0.765. The Morgan fingerprint density at radius 1 is 0.457 bits per heavy atom. The third-order valence-corrected chi connectivity index (χ3v) is 8.80. The van der Waals surface area contributed by atoms with Gasteiger partial charge in [0.15, 0.2) is 0 Å². The molecule has 2 N–H and O–H groups in total. The van der Waals surface area contributed by atoms with Gasteiger partial charge in [0.05, 0.1) is 5.69 Å². The predicted molar refractivity (Wildman–Crippen MR) is 199 cm³/mol. The van der Waals surface area contributed by atoms with Crippen molar-refractivity contribution in [3.05, 3.63) is 157 Å². The first-order valence-electron chi connectivity index (χ1n) is 16.8. The molecule has 6 aromatic carbocycles. The summed E-state index contributed by atoms with van der Waals surface area (Å²) in [7, 11) is 0. The molecule has 0 heterocycles. The highest BCUT2D eigenvalue weighted by molar-refractivity contribution is 6.02. The molecule has 0 aliphatic rings. The van der Waals surface area contributed by atoms with Crippen LogP contribution in [0, 0.1) is 0 Å². The minimum absolute atomic E-state index is 0.765. The van der Waals surface area contributed by atoms with Crippen molar-refractivity contribution in [2.75, 3.05) is 10.6 Å². The zero-order valence-corrected chi connectivity index (χ0v) is 27.1. The largest absolute Gasteiger partial charge is 0.399 e. The van der Waals surface area contributed by atoms with Crippen molar-refractivity contribution in [1.29, 1.82) is 0 Å². The second-order valence-corrected chi connectivity index (χ2v) is 12.1. The van der Waals surface area contributed by atoms with Crippen molar-refractivity contribution >= 4 is 22.7 Å². The van der Waals surface area contributed by atoms with Crippen LogP contribution < -0.4 is 10.6 Å². The Balaban J connectivity index is 1.63. The van der Waals surface area contributed by atoms with Crippen molar-refractivity contribution in [3.63, 3.8) is 0 Å². The maximum Gasteiger partial charge on any atom is 0.0546 e. The van der Waals surface area contributed by atoms with E-state index in [1.807, 2.05) is 12.1 Å². The summed E-state index contributed by atoms with van der Waals surface area (Å²) < 4.78 is 0. The molecule has 0 aliphatic carbocycles. The molecule has 0 aromatic heterocycles. The number of nitrogens with two attached hydrogens (primary N) is 1. The van der Waals surface area contributed by atoms with Crippen molar-refractivity contribution in [2.24, 2.45) is 0 Å². The summed E-state index contributed by atoms with van der Waals surface area (Å²) >= 11 is 0. The number of anilines is 4. The van der Waals surface area contributed by atoms with E-state index in [1.54, 1.807) is 0 Å². The number of nitrogens with zero attached hydrogens (tertiary/aromatic N) is 1. The molecule has 0 unspecified atom stereocenters. The highest BCUT2D eigenvalue weighted by Gasteiger charge is 2.23. The van der Waals surface area contributed by atoms with Gasteiger partial charge in [0.25, 0.3) is 0 Å². The van der Waals surface area contributed by atoms with Crippen LogP contribution in [0.5, 0.6) is 0 Å². The molecule has 0 atom stereocenters. The summed E-state index contributed by atoms with van der Waals surface area (Å²) in [5.41, 5.74) is 20.2. The molecule has 0 saturated carbocycles. The van der Waals surface area contributed by atoms with Crippen LogP contribution >= 0.6 is 0 Å². The molecular formula is C44H44N2. The van der Waals surface area contributed by atoms with Crippen molar-refractivity contribution in [2.45, 2.75) is 52.4 Å². The van der Waals surface area contributed by atoms with E-state index in [2.05, 4.69) is 152 Å². The SMILES string of the molecule is CCCCc1ccc(N(c2ccc(CCCC)cc2)c2ccc(-c3ccc(N)cc3)c(-c3ccccc3)c2-c2ccccc2)cc1. The molecule has 0 spiro atoms. The molecule has 0 saturated heterocycles. The Hall–Kier alpha value is -5.08. The van der Waals surface area contributed by atoms with Crippen LogP contribution in [0.25, 0.3) is 33.4 Å². The maximum absolute atomic E-state index is 6.14. The Bertz CT molecular complexity index is 1770. The lowest BCUT2D eigenvalue weighted by Crippen LogP contribution is -2.12. The van der Waals surface area contributed by atoms with Gasteiger partial charge >= 0.3 is 0 Å². The fourth-order valence-corrected chi connectivity index (χ4v) is 6.30. The van der Waals surface area contributed by atoms with E-state index in [4.69, 9.17) is 5.73 Å². The van der Waals surface area contributed by atoms with E-state index in [-0.39, 0.29) is 0 Å². The lowest BCUT2D eigenvalue weighted by Gasteiger charge is -2.30. The Kier molecular flexibility index (Phi) is 9.95. The van der Waals surface area contributed by atoms with Gasteiger partial charge in [0.1, 0.15) is 0 Å². The van der Waals surface area contributed by atoms with E-state index >= 15 is 0 Å². The summed E-state index contributed by atoms with van der Waals surface area (Å²) in [5, 5.41) is 0. The van der Waals surface area contributed by atoms with Crippen LogP contribution in [0.1, 0.15) is 50.7 Å². The molecule has 0 radical (unpaired) electrons. The summed E-state index contributed by atoms with van der Waals surface area (Å²) in [4.78, 5) is 2.44. The molecule has 2 nitrogen and oxygen atoms in total. The van der Waals surface area contributed by atoms with Gasteiger partial charge in [-0.2, -0.15) is 0 Å². The minimum Gasteiger partial charge on any atom is -0.399 e. The van der Waals surface area contributed by atoms with E-state index in [0.29, 0.717) is 0 Å². The number of hydrogen-bond acceptors (Lipinski definition) is 2. The van der Waals surface area contributed by atoms with Gasteiger partial charge in [-0.25, -0.2) is 0 Å². The number of rotatable bonds is 12. The molecule has 0 bridgehead atoms. The van der Waals surface area contributed by atoms with Gasteiger partial charge in [-0.1, -0.05) is 130 Å². The normalized spacial score (nSPS) is 11.0. The highest BCUT2D eigenvalue weighted by Crippen LogP contribution is 2.49. The Labute approximate surface area is 275 Å². The van der Waals surface area contributed by atoms with Crippen LogP contribution in [0.15, 0.2) is 146 Å². The van der Waals surface area contributed by atoms with Gasteiger partial charge in [-0.05, 0) is 107 Å². The fourth-order valence-electron chi connectivity index (χ4n) is 6.30. The van der Waals surface area contributed by atoms with Crippen LogP contribution in [0.2, 0.25) is 0 Å². The summed E-state index contributed by atoms with van der Waals surface area (Å²) in [6.45, 7) is 4.51. The Morgan fingerprint density at radius 2 is 0.935 bits per heavy atom.